The van der Waals surface area contributed by atoms with E-state index in [-0.39, 0.29) is 0 Å². The van der Waals surface area contributed by atoms with Gasteiger partial charge in [0, 0.05) is 6.42 Å². The fourth-order valence-electron chi connectivity index (χ4n) is 2.39. The second kappa shape index (κ2) is 6.57. The lowest BCUT2D eigenvalue weighted by atomic mass is 10.1. The molecule has 1 unspecified atom stereocenters. The molecular weight excluding hydrogens is 242 g/mol. The summed E-state index contributed by atoms with van der Waals surface area (Å²) in [5, 5.41) is 12.2. The summed E-state index contributed by atoms with van der Waals surface area (Å²) in [6.07, 6.45) is 3.37. The molecule has 1 heterocycles. The molecule has 2 rings (SSSR count). The van der Waals surface area contributed by atoms with Crippen molar-refractivity contribution in [2.24, 2.45) is 0 Å². The summed E-state index contributed by atoms with van der Waals surface area (Å²) in [6.45, 7) is 3.46. The third kappa shape index (κ3) is 3.70. The standard InChI is InChI=1S/C15H21NO3/c1-2-3-13(15(17)18)16-8-6-11-4-5-14-12(10-11)7-9-19-14/h4-5,10,13,16H,2-3,6-9H2,1H3,(H,17,18). The summed E-state index contributed by atoms with van der Waals surface area (Å²) < 4.78 is 5.47. The van der Waals surface area contributed by atoms with Crippen molar-refractivity contribution in [2.75, 3.05) is 13.2 Å². The largest absolute Gasteiger partial charge is 0.493 e. The fraction of sp³-hybridized carbons (Fsp3) is 0.533. The first kappa shape index (κ1) is 13.9. The Kier molecular flexibility index (Phi) is 4.80. The highest BCUT2D eigenvalue weighted by atomic mass is 16.5. The summed E-state index contributed by atoms with van der Waals surface area (Å²) in [6, 6.07) is 5.81. The van der Waals surface area contributed by atoms with E-state index >= 15 is 0 Å². The normalized spacial score (nSPS) is 14.8. The van der Waals surface area contributed by atoms with Gasteiger partial charge in [0.1, 0.15) is 11.8 Å². The first-order valence-electron chi connectivity index (χ1n) is 6.91. The monoisotopic (exact) mass is 263 g/mol. The van der Waals surface area contributed by atoms with Gasteiger partial charge in [-0.25, -0.2) is 0 Å². The molecule has 0 spiro atoms. The maximum Gasteiger partial charge on any atom is 0.320 e. The van der Waals surface area contributed by atoms with Crippen molar-refractivity contribution in [1.82, 2.24) is 5.32 Å². The van der Waals surface area contributed by atoms with Gasteiger partial charge in [-0.1, -0.05) is 25.5 Å². The molecule has 0 aliphatic carbocycles. The van der Waals surface area contributed by atoms with Crippen molar-refractivity contribution < 1.29 is 14.6 Å². The highest BCUT2D eigenvalue weighted by molar-refractivity contribution is 5.73. The predicted molar refractivity (Wildman–Crippen MR) is 73.7 cm³/mol. The zero-order chi connectivity index (χ0) is 13.7. The van der Waals surface area contributed by atoms with E-state index in [4.69, 9.17) is 9.84 Å². The van der Waals surface area contributed by atoms with Crippen LogP contribution < -0.4 is 10.1 Å². The maximum atomic E-state index is 11.0. The van der Waals surface area contributed by atoms with E-state index in [0.29, 0.717) is 13.0 Å². The highest BCUT2D eigenvalue weighted by Gasteiger charge is 2.15. The van der Waals surface area contributed by atoms with Crippen LogP contribution in [0.25, 0.3) is 0 Å². The Labute approximate surface area is 113 Å². The topological polar surface area (TPSA) is 58.6 Å². The zero-order valence-corrected chi connectivity index (χ0v) is 11.3. The summed E-state index contributed by atoms with van der Waals surface area (Å²) in [5.41, 5.74) is 2.50. The average Bonchev–Trinajstić information content (AvgIpc) is 2.85. The molecule has 0 fully saturated rings. The van der Waals surface area contributed by atoms with Crippen LogP contribution in [-0.4, -0.2) is 30.3 Å². The highest BCUT2D eigenvalue weighted by Crippen LogP contribution is 2.25. The second-order valence-electron chi connectivity index (χ2n) is 4.92. The number of hydrogen-bond acceptors (Lipinski definition) is 3. The lowest BCUT2D eigenvalue weighted by Gasteiger charge is -2.13. The van der Waals surface area contributed by atoms with Crippen molar-refractivity contribution >= 4 is 5.97 Å². The molecule has 1 aromatic carbocycles. The molecule has 4 nitrogen and oxygen atoms in total. The molecule has 2 N–H and O–H groups in total. The van der Waals surface area contributed by atoms with E-state index in [0.717, 1.165) is 31.6 Å². The van der Waals surface area contributed by atoms with Gasteiger partial charge in [-0.2, -0.15) is 0 Å². The number of nitrogens with one attached hydrogen (secondary N) is 1. The van der Waals surface area contributed by atoms with Crippen LogP contribution in [-0.2, 0) is 17.6 Å². The molecule has 0 aromatic heterocycles. The molecule has 1 atom stereocenters. The number of carboxylic acids is 1. The predicted octanol–water partition coefficient (Wildman–Crippen LogP) is 2.01. The number of hydrogen-bond donors (Lipinski definition) is 2. The van der Waals surface area contributed by atoms with E-state index in [1.807, 2.05) is 13.0 Å². The van der Waals surface area contributed by atoms with Crippen molar-refractivity contribution in [1.29, 1.82) is 0 Å². The molecule has 1 aliphatic heterocycles. The Hall–Kier alpha value is -1.55. The van der Waals surface area contributed by atoms with Crippen molar-refractivity contribution in [3.05, 3.63) is 29.3 Å². The number of aliphatic carboxylic acids is 1. The molecule has 0 amide bonds. The Balaban J connectivity index is 1.83. The van der Waals surface area contributed by atoms with Crippen molar-refractivity contribution in [3.8, 4) is 5.75 Å². The minimum absolute atomic E-state index is 0.428. The van der Waals surface area contributed by atoms with Crippen molar-refractivity contribution in [3.63, 3.8) is 0 Å². The minimum atomic E-state index is -0.760. The summed E-state index contributed by atoms with van der Waals surface area (Å²) in [4.78, 5) is 11.0. The molecule has 0 saturated heterocycles. The van der Waals surface area contributed by atoms with Gasteiger partial charge in [0.25, 0.3) is 0 Å². The number of carboxylic acid groups (broad SMARTS) is 1. The van der Waals surface area contributed by atoms with Gasteiger partial charge in [-0.15, -0.1) is 0 Å². The zero-order valence-electron chi connectivity index (χ0n) is 11.3. The number of ether oxygens (including phenoxy) is 1. The Morgan fingerprint density at radius 3 is 3.11 bits per heavy atom. The van der Waals surface area contributed by atoms with Crippen LogP contribution in [0.2, 0.25) is 0 Å². The van der Waals surface area contributed by atoms with Gasteiger partial charge in [0.15, 0.2) is 0 Å². The van der Waals surface area contributed by atoms with Gasteiger partial charge < -0.3 is 15.2 Å². The number of rotatable bonds is 7. The van der Waals surface area contributed by atoms with Crippen LogP contribution in [0.5, 0.6) is 5.75 Å². The molecular formula is C15H21NO3. The Morgan fingerprint density at radius 1 is 1.53 bits per heavy atom. The number of benzene rings is 1. The second-order valence-corrected chi connectivity index (χ2v) is 4.92. The quantitative estimate of drug-likeness (QED) is 0.790. The van der Waals surface area contributed by atoms with Gasteiger partial charge in [0.05, 0.1) is 6.61 Å². The van der Waals surface area contributed by atoms with E-state index < -0.39 is 12.0 Å². The summed E-state index contributed by atoms with van der Waals surface area (Å²) >= 11 is 0. The van der Waals surface area contributed by atoms with Crippen LogP contribution in [0.4, 0.5) is 0 Å². The van der Waals surface area contributed by atoms with E-state index in [1.54, 1.807) is 0 Å². The lowest BCUT2D eigenvalue weighted by molar-refractivity contribution is -0.139. The summed E-state index contributed by atoms with van der Waals surface area (Å²) in [7, 11) is 0. The summed E-state index contributed by atoms with van der Waals surface area (Å²) in [5.74, 6) is 0.232. The lowest BCUT2D eigenvalue weighted by Crippen LogP contribution is -2.37. The van der Waals surface area contributed by atoms with Gasteiger partial charge in [-0.3, -0.25) is 4.79 Å². The van der Waals surface area contributed by atoms with Crippen LogP contribution in [0, 0.1) is 0 Å². The smallest absolute Gasteiger partial charge is 0.320 e. The van der Waals surface area contributed by atoms with E-state index in [2.05, 4.69) is 17.4 Å². The molecule has 19 heavy (non-hydrogen) atoms. The SMILES string of the molecule is CCCC(NCCc1ccc2c(c1)CCO2)C(=O)O. The molecule has 1 aliphatic rings. The number of carbonyl (C=O) groups is 1. The van der Waals surface area contributed by atoms with Crippen molar-refractivity contribution in [2.45, 2.75) is 38.6 Å². The van der Waals surface area contributed by atoms with Gasteiger partial charge in [-0.05, 0) is 36.6 Å². The fourth-order valence-corrected chi connectivity index (χ4v) is 2.39. The van der Waals surface area contributed by atoms with E-state index in [1.165, 1.54) is 11.1 Å². The average molecular weight is 263 g/mol. The van der Waals surface area contributed by atoms with Crippen LogP contribution >= 0.6 is 0 Å². The Bertz CT molecular complexity index is 445. The molecule has 4 heteroatoms. The molecule has 0 saturated carbocycles. The third-order valence-electron chi connectivity index (χ3n) is 3.43. The molecule has 0 radical (unpaired) electrons. The van der Waals surface area contributed by atoms with Gasteiger partial charge >= 0.3 is 5.97 Å². The van der Waals surface area contributed by atoms with Crippen LogP contribution in [0.1, 0.15) is 30.9 Å². The van der Waals surface area contributed by atoms with Crippen LogP contribution in [0.3, 0.4) is 0 Å². The van der Waals surface area contributed by atoms with Crippen LogP contribution in [0.15, 0.2) is 18.2 Å². The first-order valence-corrected chi connectivity index (χ1v) is 6.91. The molecule has 1 aromatic rings. The Morgan fingerprint density at radius 2 is 2.37 bits per heavy atom. The maximum absolute atomic E-state index is 11.0. The molecule has 0 bridgehead atoms. The minimum Gasteiger partial charge on any atom is -0.493 e. The van der Waals surface area contributed by atoms with E-state index in [9.17, 15) is 4.79 Å². The van der Waals surface area contributed by atoms with Gasteiger partial charge in [0.2, 0.25) is 0 Å². The first-order chi connectivity index (χ1) is 9.20. The number of fused-ring (bicyclic) bond motifs is 1. The third-order valence-corrected chi connectivity index (χ3v) is 3.43. The molecule has 104 valence electrons.